The molecule has 0 spiro atoms. The molecule has 0 bridgehead atoms. The molecule has 0 aromatic carbocycles. The van der Waals surface area contributed by atoms with Crippen LogP contribution in [0.3, 0.4) is 0 Å². The van der Waals surface area contributed by atoms with Gasteiger partial charge < -0.3 is 35.4 Å². The molecule has 0 aromatic heterocycles. The number of hydrogen-bond donors (Lipinski definition) is 6. The molecule has 90 valence electrons. The van der Waals surface area contributed by atoms with Crippen molar-refractivity contribution in [2.45, 2.75) is 36.6 Å². The van der Waals surface area contributed by atoms with Gasteiger partial charge in [-0.05, 0) is 0 Å². The molecule has 1 fully saturated rings. The highest BCUT2D eigenvalue weighted by atomic mass is 16.6. The lowest BCUT2D eigenvalue weighted by molar-refractivity contribution is -0.251. The molecule has 6 atom stereocenters. The summed E-state index contributed by atoms with van der Waals surface area (Å²) in [6.07, 6.45) is -8.16. The largest absolute Gasteiger partial charge is 0.394 e. The van der Waals surface area contributed by atoms with Crippen LogP contribution in [0.15, 0.2) is 0 Å². The highest BCUT2D eigenvalue weighted by Crippen LogP contribution is 2.22. The molecule has 0 aromatic rings. The van der Waals surface area contributed by atoms with Gasteiger partial charge in [0.15, 0.2) is 0 Å². The average molecular weight is 224 g/mol. The zero-order valence-corrected chi connectivity index (χ0v) is 7.97. The van der Waals surface area contributed by atoms with E-state index in [-0.39, 0.29) is 0 Å². The lowest BCUT2D eigenvalue weighted by Crippen LogP contribution is -2.61. The van der Waals surface area contributed by atoms with Gasteiger partial charge in [0.2, 0.25) is 0 Å². The van der Waals surface area contributed by atoms with Crippen molar-refractivity contribution in [3.63, 3.8) is 0 Å². The molecular formula is C8H16O7. The van der Waals surface area contributed by atoms with Crippen molar-refractivity contribution in [3.05, 3.63) is 0 Å². The lowest BCUT2D eigenvalue weighted by atomic mass is 9.92. The number of rotatable bonds is 3. The van der Waals surface area contributed by atoms with Crippen LogP contribution in [0.4, 0.5) is 0 Å². The average Bonchev–Trinajstić information content (AvgIpc) is 2.25. The lowest BCUT2D eigenvalue weighted by Gasteiger charge is -2.41. The fraction of sp³-hybridized carbons (Fsp3) is 1.00. The fourth-order valence-corrected chi connectivity index (χ4v) is 1.55. The van der Waals surface area contributed by atoms with Gasteiger partial charge in [-0.3, -0.25) is 0 Å². The van der Waals surface area contributed by atoms with Gasteiger partial charge in [0.25, 0.3) is 0 Å². The predicted octanol–water partition coefficient (Wildman–Crippen LogP) is -3.82. The van der Waals surface area contributed by atoms with Crippen molar-refractivity contribution >= 4 is 0 Å². The standard InChI is InChI=1S/C8H16O7/c9-1-3(11)8-7(14)6(13)5(12)4(2-10)15-8/h3-14H,1-2H2/t3?,4-,5+,6+,7-,8?/m1/s1. The summed E-state index contributed by atoms with van der Waals surface area (Å²) in [5.74, 6) is 0. The van der Waals surface area contributed by atoms with Crippen molar-refractivity contribution in [1.82, 2.24) is 0 Å². The first-order valence-corrected chi connectivity index (χ1v) is 4.62. The number of hydrogen-bond acceptors (Lipinski definition) is 7. The molecule has 15 heavy (non-hydrogen) atoms. The Kier molecular flexibility index (Phi) is 4.41. The van der Waals surface area contributed by atoms with E-state index < -0.39 is 49.8 Å². The Morgan fingerprint density at radius 3 is 2.07 bits per heavy atom. The van der Waals surface area contributed by atoms with Crippen LogP contribution >= 0.6 is 0 Å². The van der Waals surface area contributed by atoms with Gasteiger partial charge in [-0.15, -0.1) is 0 Å². The van der Waals surface area contributed by atoms with E-state index in [4.69, 9.17) is 14.9 Å². The Hall–Kier alpha value is -0.280. The van der Waals surface area contributed by atoms with Crippen molar-refractivity contribution in [2.24, 2.45) is 0 Å². The zero-order chi connectivity index (χ0) is 11.6. The summed E-state index contributed by atoms with van der Waals surface area (Å²) < 4.78 is 4.96. The fourth-order valence-electron chi connectivity index (χ4n) is 1.55. The number of ether oxygens (including phenoxy) is 1. The third-order valence-electron chi connectivity index (χ3n) is 2.50. The van der Waals surface area contributed by atoms with Crippen molar-refractivity contribution in [3.8, 4) is 0 Å². The molecule has 7 heteroatoms. The second-order valence-electron chi connectivity index (χ2n) is 3.54. The van der Waals surface area contributed by atoms with Crippen LogP contribution in [0.1, 0.15) is 0 Å². The van der Waals surface area contributed by atoms with E-state index in [0.29, 0.717) is 0 Å². The number of aliphatic hydroxyl groups is 6. The molecule has 0 aliphatic carbocycles. The highest BCUT2D eigenvalue weighted by Gasteiger charge is 2.45. The van der Waals surface area contributed by atoms with Crippen LogP contribution in [0.25, 0.3) is 0 Å². The first-order chi connectivity index (χ1) is 7.02. The van der Waals surface area contributed by atoms with E-state index >= 15 is 0 Å². The van der Waals surface area contributed by atoms with Crippen LogP contribution in [0.2, 0.25) is 0 Å². The van der Waals surface area contributed by atoms with Gasteiger partial charge in [0, 0.05) is 0 Å². The topological polar surface area (TPSA) is 131 Å². The summed E-state index contributed by atoms with van der Waals surface area (Å²) >= 11 is 0. The van der Waals surface area contributed by atoms with E-state index in [1.165, 1.54) is 0 Å². The van der Waals surface area contributed by atoms with Gasteiger partial charge in [-0.2, -0.15) is 0 Å². The second kappa shape index (κ2) is 5.17. The summed E-state index contributed by atoms with van der Waals surface area (Å²) in [5.41, 5.74) is 0. The van der Waals surface area contributed by atoms with Crippen LogP contribution in [-0.2, 0) is 4.74 Å². The molecule has 7 nitrogen and oxygen atoms in total. The van der Waals surface area contributed by atoms with Crippen LogP contribution in [-0.4, -0.2) is 80.5 Å². The molecule has 0 radical (unpaired) electrons. The minimum absolute atomic E-state index is 0.556. The zero-order valence-electron chi connectivity index (χ0n) is 7.97. The molecule has 6 N–H and O–H groups in total. The summed E-state index contributed by atoms with van der Waals surface area (Å²) in [5, 5.41) is 54.9. The quantitative estimate of drug-likeness (QED) is 0.289. The summed E-state index contributed by atoms with van der Waals surface area (Å²) in [6.45, 7) is -1.21. The second-order valence-corrected chi connectivity index (χ2v) is 3.54. The Balaban J connectivity index is 2.74. The maximum Gasteiger partial charge on any atom is 0.115 e. The third-order valence-corrected chi connectivity index (χ3v) is 2.50. The van der Waals surface area contributed by atoms with E-state index in [1.54, 1.807) is 0 Å². The Morgan fingerprint density at radius 2 is 1.60 bits per heavy atom. The first kappa shape index (κ1) is 12.8. The monoisotopic (exact) mass is 224 g/mol. The van der Waals surface area contributed by atoms with Gasteiger partial charge in [-0.25, -0.2) is 0 Å². The van der Waals surface area contributed by atoms with E-state index in [9.17, 15) is 20.4 Å². The van der Waals surface area contributed by atoms with Gasteiger partial charge in [0.1, 0.15) is 36.6 Å². The molecule has 1 heterocycles. The molecule has 1 saturated heterocycles. The minimum Gasteiger partial charge on any atom is -0.394 e. The van der Waals surface area contributed by atoms with Gasteiger partial charge >= 0.3 is 0 Å². The van der Waals surface area contributed by atoms with Crippen LogP contribution < -0.4 is 0 Å². The molecule has 1 aliphatic rings. The normalized spacial score (nSPS) is 44.0. The van der Waals surface area contributed by atoms with Crippen LogP contribution in [0.5, 0.6) is 0 Å². The minimum atomic E-state index is -1.53. The maximum absolute atomic E-state index is 9.43. The highest BCUT2D eigenvalue weighted by molar-refractivity contribution is 4.94. The molecule has 1 aliphatic heterocycles. The van der Waals surface area contributed by atoms with Gasteiger partial charge in [0.05, 0.1) is 13.2 Å². The molecule has 0 amide bonds. The van der Waals surface area contributed by atoms with E-state index in [2.05, 4.69) is 0 Å². The predicted molar refractivity (Wildman–Crippen MR) is 46.9 cm³/mol. The SMILES string of the molecule is OCC(O)C1O[C@H](CO)[C@H](O)[C@H](O)[C@H]1O. The maximum atomic E-state index is 9.43. The Bertz CT molecular complexity index is 197. The first-order valence-electron chi connectivity index (χ1n) is 4.62. The Labute approximate surface area is 86.2 Å². The molecular weight excluding hydrogens is 208 g/mol. The number of aliphatic hydroxyl groups excluding tert-OH is 6. The van der Waals surface area contributed by atoms with Crippen LogP contribution in [0, 0.1) is 0 Å². The molecule has 0 saturated carbocycles. The summed E-state index contributed by atoms with van der Waals surface area (Å²) in [7, 11) is 0. The third kappa shape index (κ3) is 2.45. The molecule has 2 unspecified atom stereocenters. The smallest absolute Gasteiger partial charge is 0.115 e. The summed E-state index contributed by atoms with van der Waals surface area (Å²) in [4.78, 5) is 0. The van der Waals surface area contributed by atoms with Crippen molar-refractivity contribution in [1.29, 1.82) is 0 Å². The van der Waals surface area contributed by atoms with E-state index in [1.807, 2.05) is 0 Å². The van der Waals surface area contributed by atoms with E-state index in [0.717, 1.165) is 0 Å². The van der Waals surface area contributed by atoms with Crippen molar-refractivity contribution < 1.29 is 35.4 Å². The molecule has 1 rings (SSSR count). The Morgan fingerprint density at radius 1 is 1.00 bits per heavy atom. The van der Waals surface area contributed by atoms with Gasteiger partial charge in [-0.1, -0.05) is 0 Å². The van der Waals surface area contributed by atoms with Crippen molar-refractivity contribution in [2.75, 3.05) is 13.2 Å². The summed E-state index contributed by atoms with van der Waals surface area (Å²) in [6, 6.07) is 0.